The number of nitrogens with zero attached hydrogens (tertiary/aromatic N) is 1. The van der Waals surface area contributed by atoms with E-state index in [9.17, 15) is 0 Å². The smallest absolute Gasteiger partial charge is 0.166 e. The van der Waals surface area contributed by atoms with Gasteiger partial charge in [0.05, 0.1) is 5.60 Å². The molecular formula is C33H41NO4. The molecule has 4 aliphatic carbocycles. The summed E-state index contributed by atoms with van der Waals surface area (Å²) in [6, 6.07) is 15.5. The first kappa shape index (κ1) is 23.8. The molecule has 0 amide bonds. The number of likely N-dealkylation sites (N-methyl/N-ethyl adjacent to an activating group) is 1. The van der Waals surface area contributed by atoms with E-state index in [1.54, 1.807) is 0 Å². The Morgan fingerprint density at radius 1 is 1.03 bits per heavy atom. The van der Waals surface area contributed by atoms with Crippen LogP contribution >= 0.6 is 0 Å². The third-order valence-corrected chi connectivity index (χ3v) is 12.3. The predicted octanol–water partition coefficient (Wildman–Crippen LogP) is 5.87. The van der Waals surface area contributed by atoms with Crippen molar-refractivity contribution in [3.63, 3.8) is 0 Å². The molecule has 38 heavy (non-hydrogen) atoms. The van der Waals surface area contributed by atoms with Crippen molar-refractivity contribution in [2.45, 2.75) is 95.2 Å². The van der Waals surface area contributed by atoms with E-state index < -0.39 is 0 Å². The molecule has 2 aromatic rings. The normalized spacial score (nSPS) is 42.3. The summed E-state index contributed by atoms with van der Waals surface area (Å²) >= 11 is 0. The molecule has 7 atom stereocenters. The molecule has 5 heteroatoms. The molecule has 3 spiro atoms. The minimum atomic E-state index is -0.340. The van der Waals surface area contributed by atoms with E-state index in [-0.39, 0.29) is 39.5 Å². The van der Waals surface area contributed by atoms with Crippen molar-refractivity contribution >= 4 is 0 Å². The Labute approximate surface area is 226 Å². The van der Waals surface area contributed by atoms with Crippen LogP contribution in [0.15, 0.2) is 42.5 Å². The van der Waals surface area contributed by atoms with E-state index in [1.807, 2.05) is 0 Å². The molecule has 5 nitrogen and oxygen atoms in total. The van der Waals surface area contributed by atoms with E-state index >= 15 is 0 Å². The highest BCUT2D eigenvalue weighted by Crippen LogP contribution is 2.78. The summed E-state index contributed by atoms with van der Waals surface area (Å²) in [6.07, 6.45) is 5.60. The average molecular weight is 516 g/mol. The van der Waals surface area contributed by atoms with Gasteiger partial charge in [0.25, 0.3) is 0 Å². The summed E-state index contributed by atoms with van der Waals surface area (Å²) in [5.41, 5.74) is 3.60. The second-order valence-electron chi connectivity index (χ2n) is 14.3. The van der Waals surface area contributed by atoms with Crippen molar-refractivity contribution in [3.05, 3.63) is 59.2 Å². The molecule has 5 fully saturated rings. The number of fused-ring (bicyclic) bond motifs is 1. The maximum atomic E-state index is 7.30. The molecule has 7 aliphatic rings. The number of ether oxygens (including phenoxy) is 4. The molecule has 2 aromatic carbocycles. The lowest BCUT2D eigenvalue weighted by molar-refractivity contribution is -0.389. The van der Waals surface area contributed by atoms with Crippen molar-refractivity contribution < 1.29 is 18.9 Å². The van der Waals surface area contributed by atoms with Gasteiger partial charge in [-0.25, -0.2) is 0 Å². The Morgan fingerprint density at radius 2 is 1.84 bits per heavy atom. The molecule has 3 aliphatic heterocycles. The number of hydrogen-bond acceptors (Lipinski definition) is 5. The number of likely N-dealkylation sites (tertiary alicyclic amines) is 1. The molecule has 4 bridgehead atoms. The lowest BCUT2D eigenvalue weighted by Crippen LogP contribution is -2.84. The van der Waals surface area contributed by atoms with Crippen LogP contribution in [-0.4, -0.2) is 48.6 Å². The number of rotatable bonds is 3. The van der Waals surface area contributed by atoms with E-state index in [1.165, 1.54) is 23.1 Å². The van der Waals surface area contributed by atoms with Gasteiger partial charge in [0, 0.05) is 28.4 Å². The molecule has 9 rings (SSSR count). The highest BCUT2D eigenvalue weighted by atomic mass is 16.7. The van der Waals surface area contributed by atoms with Crippen molar-refractivity contribution in [3.8, 4) is 11.5 Å². The second-order valence-corrected chi connectivity index (χ2v) is 14.3. The number of hydrogen-bond donors (Lipinski definition) is 0. The summed E-state index contributed by atoms with van der Waals surface area (Å²) in [4.78, 5) is 2.67. The van der Waals surface area contributed by atoms with Crippen molar-refractivity contribution in [1.29, 1.82) is 0 Å². The fraction of sp³-hybridized carbons (Fsp3) is 0.636. The number of piperidine rings is 1. The van der Waals surface area contributed by atoms with Gasteiger partial charge < -0.3 is 23.8 Å². The first-order valence-corrected chi connectivity index (χ1v) is 14.6. The lowest BCUT2D eigenvalue weighted by Gasteiger charge is -2.76. The van der Waals surface area contributed by atoms with Gasteiger partial charge in [-0.3, -0.25) is 0 Å². The Bertz CT molecular complexity index is 1300. The van der Waals surface area contributed by atoms with Gasteiger partial charge in [0.2, 0.25) is 0 Å². The van der Waals surface area contributed by atoms with Gasteiger partial charge in [-0.1, -0.05) is 57.2 Å². The SMILES string of the molecule is CN1CC[C@]23c4c5ccc(OCc6ccccc6)c4O[C@H]2[C@@]24CC[C@]3(C[C@@H]2[C@@](C)(C(C)(C)C)OCO4)[C@H]1C5. The van der Waals surface area contributed by atoms with Crippen LogP contribution < -0.4 is 9.47 Å². The third kappa shape index (κ3) is 2.56. The van der Waals surface area contributed by atoms with Gasteiger partial charge in [-0.15, -0.1) is 0 Å². The molecule has 0 N–H and O–H groups in total. The third-order valence-electron chi connectivity index (χ3n) is 12.3. The summed E-state index contributed by atoms with van der Waals surface area (Å²) in [7, 11) is 2.35. The summed E-state index contributed by atoms with van der Waals surface area (Å²) < 4.78 is 27.3. The van der Waals surface area contributed by atoms with E-state index in [0.29, 0.717) is 19.4 Å². The fourth-order valence-corrected chi connectivity index (χ4v) is 10.2. The maximum Gasteiger partial charge on any atom is 0.166 e. The van der Waals surface area contributed by atoms with Crippen LogP contribution in [0.25, 0.3) is 0 Å². The monoisotopic (exact) mass is 515 g/mol. The van der Waals surface area contributed by atoms with Crippen LogP contribution in [0.2, 0.25) is 0 Å². The summed E-state index contributed by atoms with van der Waals surface area (Å²) in [5, 5.41) is 0. The standard InChI is InChI=1S/C33H41NO4/c1-29(2,3)30(4)24-18-31-13-14-33(24,37-20-36-30)28-32(31)15-16-34(5)25(31)17-22-11-12-23(27(38-28)26(22)32)35-19-21-9-7-6-8-10-21/h6-12,24-25,28H,13-20H2,1-5H3/t24-,25-,28-,30+,31+,32+,33-/m1/s1. The zero-order chi connectivity index (χ0) is 26.1. The van der Waals surface area contributed by atoms with Gasteiger partial charge >= 0.3 is 0 Å². The van der Waals surface area contributed by atoms with Gasteiger partial charge in [-0.2, -0.15) is 0 Å². The first-order valence-electron chi connectivity index (χ1n) is 14.6. The Morgan fingerprint density at radius 3 is 2.63 bits per heavy atom. The zero-order valence-electron chi connectivity index (χ0n) is 23.5. The van der Waals surface area contributed by atoms with Crippen LogP contribution in [0.4, 0.5) is 0 Å². The van der Waals surface area contributed by atoms with Crippen molar-refractivity contribution in [1.82, 2.24) is 4.90 Å². The first-order chi connectivity index (χ1) is 18.2. The predicted molar refractivity (Wildman–Crippen MR) is 145 cm³/mol. The molecule has 3 heterocycles. The molecule has 2 saturated heterocycles. The van der Waals surface area contributed by atoms with Gasteiger partial charge in [0.1, 0.15) is 25.1 Å². The highest BCUT2D eigenvalue weighted by Gasteiger charge is 2.83. The van der Waals surface area contributed by atoms with E-state index in [4.69, 9.17) is 18.9 Å². The molecule has 0 radical (unpaired) electrons. The molecule has 202 valence electrons. The van der Waals surface area contributed by atoms with Crippen LogP contribution in [0.1, 0.15) is 70.1 Å². The largest absolute Gasteiger partial charge is 0.485 e. The Balaban J connectivity index is 1.31. The summed E-state index contributed by atoms with van der Waals surface area (Å²) in [6.45, 7) is 11.4. The lowest BCUT2D eigenvalue weighted by atomic mass is 9.33. The summed E-state index contributed by atoms with van der Waals surface area (Å²) in [5.74, 6) is 2.18. The molecular weight excluding hydrogens is 474 g/mol. The minimum Gasteiger partial charge on any atom is -0.485 e. The Hall–Kier alpha value is -2.08. The van der Waals surface area contributed by atoms with Gasteiger partial charge in [0.15, 0.2) is 11.5 Å². The van der Waals surface area contributed by atoms with Crippen LogP contribution in [0.3, 0.4) is 0 Å². The van der Waals surface area contributed by atoms with Crippen LogP contribution in [0, 0.1) is 16.7 Å². The highest BCUT2D eigenvalue weighted by molar-refractivity contribution is 5.64. The van der Waals surface area contributed by atoms with Crippen LogP contribution in [0.5, 0.6) is 11.5 Å². The molecule has 0 aromatic heterocycles. The van der Waals surface area contributed by atoms with E-state index in [2.05, 4.69) is 82.1 Å². The quantitative estimate of drug-likeness (QED) is 0.511. The zero-order valence-corrected chi connectivity index (χ0v) is 23.5. The number of benzene rings is 2. The maximum absolute atomic E-state index is 7.30. The Kier molecular flexibility index (Phi) is 4.60. The molecule has 3 saturated carbocycles. The fourth-order valence-electron chi connectivity index (χ4n) is 10.2. The average Bonchev–Trinajstić information content (AvgIpc) is 3.27. The minimum absolute atomic E-state index is 0.000185. The van der Waals surface area contributed by atoms with E-state index in [0.717, 1.165) is 43.7 Å². The molecule has 0 unspecified atom stereocenters. The van der Waals surface area contributed by atoms with Gasteiger partial charge in [-0.05, 0) is 75.2 Å². The topological polar surface area (TPSA) is 40.2 Å². The van der Waals surface area contributed by atoms with Crippen molar-refractivity contribution in [2.24, 2.45) is 16.7 Å². The van der Waals surface area contributed by atoms with Crippen LogP contribution in [-0.2, 0) is 27.9 Å². The second kappa shape index (κ2) is 7.35. The van der Waals surface area contributed by atoms with Crippen molar-refractivity contribution in [2.75, 3.05) is 20.4 Å².